The Labute approximate surface area is 137 Å². The van der Waals surface area contributed by atoms with Crippen molar-refractivity contribution in [2.45, 2.75) is 38.0 Å². The fourth-order valence-corrected chi connectivity index (χ4v) is 2.82. The molecule has 120 valence electrons. The second kappa shape index (κ2) is 8.89. The van der Waals surface area contributed by atoms with Crippen molar-refractivity contribution in [3.05, 3.63) is 71.8 Å². The molecule has 0 radical (unpaired) electrons. The molecule has 0 saturated heterocycles. The highest BCUT2D eigenvalue weighted by Gasteiger charge is 2.14. The second-order valence-corrected chi connectivity index (χ2v) is 5.73. The molecule has 2 aromatic rings. The average molecular weight is 310 g/mol. The van der Waals surface area contributed by atoms with Gasteiger partial charge in [0.1, 0.15) is 12.2 Å². The SMILES string of the molecule is O=C(O)CC(=O)CCCCC(c1ccccc1)c1ccccc1. The molecule has 0 aliphatic carbocycles. The number of carboxylic acid groups (broad SMARTS) is 1. The summed E-state index contributed by atoms with van der Waals surface area (Å²) in [6.07, 6.45) is 2.58. The van der Waals surface area contributed by atoms with Gasteiger partial charge in [0.05, 0.1) is 0 Å². The summed E-state index contributed by atoms with van der Waals surface area (Å²) >= 11 is 0. The molecule has 0 heterocycles. The number of unbranched alkanes of at least 4 members (excludes halogenated alkanes) is 1. The van der Waals surface area contributed by atoms with E-state index in [1.807, 2.05) is 36.4 Å². The van der Waals surface area contributed by atoms with E-state index in [0.717, 1.165) is 19.3 Å². The van der Waals surface area contributed by atoms with Gasteiger partial charge in [-0.25, -0.2) is 0 Å². The summed E-state index contributed by atoms with van der Waals surface area (Å²) in [5.74, 6) is -0.915. The summed E-state index contributed by atoms with van der Waals surface area (Å²) in [6.45, 7) is 0. The Morgan fingerprint density at radius 3 is 1.83 bits per heavy atom. The van der Waals surface area contributed by atoms with Gasteiger partial charge in [-0.1, -0.05) is 67.1 Å². The van der Waals surface area contributed by atoms with Crippen molar-refractivity contribution < 1.29 is 14.7 Å². The number of carbonyl (C=O) groups excluding carboxylic acids is 1. The number of aliphatic carboxylic acids is 1. The van der Waals surface area contributed by atoms with E-state index in [2.05, 4.69) is 24.3 Å². The highest BCUT2D eigenvalue weighted by molar-refractivity contribution is 5.94. The molecule has 23 heavy (non-hydrogen) atoms. The van der Waals surface area contributed by atoms with E-state index in [1.54, 1.807) is 0 Å². The van der Waals surface area contributed by atoms with Gasteiger partial charge in [0.2, 0.25) is 0 Å². The predicted molar refractivity (Wildman–Crippen MR) is 90.5 cm³/mol. The number of Topliss-reactive ketones (excluding diaryl/α,β-unsaturated/α-hetero) is 1. The zero-order valence-corrected chi connectivity index (χ0v) is 13.2. The minimum absolute atomic E-state index is 0.187. The maximum absolute atomic E-state index is 11.5. The first kappa shape index (κ1) is 16.9. The Morgan fingerprint density at radius 1 is 0.826 bits per heavy atom. The molecule has 0 aliphatic heterocycles. The van der Waals surface area contributed by atoms with Crippen LogP contribution in [0.3, 0.4) is 0 Å². The largest absolute Gasteiger partial charge is 0.481 e. The van der Waals surface area contributed by atoms with Gasteiger partial charge in [0.15, 0.2) is 0 Å². The highest BCUT2D eigenvalue weighted by Crippen LogP contribution is 2.29. The lowest BCUT2D eigenvalue weighted by Crippen LogP contribution is -2.06. The summed E-state index contributed by atoms with van der Waals surface area (Å²) in [7, 11) is 0. The Balaban J connectivity index is 1.94. The van der Waals surface area contributed by atoms with Gasteiger partial charge >= 0.3 is 5.97 Å². The first-order valence-corrected chi connectivity index (χ1v) is 8.00. The zero-order valence-electron chi connectivity index (χ0n) is 13.2. The quantitative estimate of drug-likeness (QED) is 0.551. The molecular weight excluding hydrogens is 288 g/mol. The Morgan fingerprint density at radius 2 is 1.35 bits per heavy atom. The van der Waals surface area contributed by atoms with E-state index in [4.69, 9.17) is 5.11 Å². The maximum Gasteiger partial charge on any atom is 0.310 e. The minimum atomic E-state index is -1.04. The van der Waals surface area contributed by atoms with Crippen LogP contribution in [0.15, 0.2) is 60.7 Å². The van der Waals surface area contributed by atoms with Crippen LogP contribution in [0.1, 0.15) is 49.1 Å². The molecule has 2 aromatic carbocycles. The normalized spacial score (nSPS) is 10.7. The number of carbonyl (C=O) groups is 2. The van der Waals surface area contributed by atoms with Gasteiger partial charge in [-0.15, -0.1) is 0 Å². The van der Waals surface area contributed by atoms with Crippen molar-refractivity contribution in [3.8, 4) is 0 Å². The first-order chi connectivity index (χ1) is 11.2. The summed E-state index contributed by atoms with van der Waals surface area (Å²) in [4.78, 5) is 22.0. The van der Waals surface area contributed by atoms with Crippen LogP contribution in [-0.2, 0) is 9.59 Å². The molecule has 0 amide bonds. The number of ketones is 1. The van der Waals surface area contributed by atoms with Crippen LogP contribution in [0.2, 0.25) is 0 Å². The molecule has 0 spiro atoms. The van der Waals surface area contributed by atoms with Gasteiger partial charge < -0.3 is 5.11 Å². The van der Waals surface area contributed by atoms with Crippen molar-refractivity contribution in [1.82, 2.24) is 0 Å². The van der Waals surface area contributed by atoms with Gasteiger partial charge in [-0.3, -0.25) is 9.59 Å². The van der Waals surface area contributed by atoms with E-state index >= 15 is 0 Å². The molecule has 0 aliphatic rings. The van der Waals surface area contributed by atoms with Gasteiger partial charge in [0.25, 0.3) is 0 Å². The third-order valence-electron chi connectivity index (χ3n) is 3.95. The number of benzene rings is 2. The van der Waals surface area contributed by atoms with Crippen LogP contribution in [0.4, 0.5) is 0 Å². The minimum Gasteiger partial charge on any atom is -0.481 e. The molecule has 0 aromatic heterocycles. The Bertz CT molecular complexity index is 580. The Hall–Kier alpha value is -2.42. The molecule has 0 unspecified atom stereocenters. The third kappa shape index (κ3) is 5.70. The van der Waals surface area contributed by atoms with Crippen LogP contribution in [-0.4, -0.2) is 16.9 Å². The topological polar surface area (TPSA) is 54.4 Å². The van der Waals surface area contributed by atoms with E-state index in [0.29, 0.717) is 12.3 Å². The molecule has 3 heteroatoms. The lowest BCUT2D eigenvalue weighted by atomic mass is 9.87. The van der Waals surface area contributed by atoms with E-state index in [9.17, 15) is 9.59 Å². The maximum atomic E-state index is 11.5. The van der Waals surface area contributed by atoms with Crippen LogP contribution in [0.5, 0.6) is 0 Å². The number of carboxylic acids is 1. The standard InChI is InChI=1S/C20H22O3/c21-18(15-20(22)23)13-7-8-14-19(16-9-3-1-4-10-16)17-11-5-2-6-12-17/h1-6,9-12,19H,7-8,13-15H2,(H,22,23). The van der Waals surface area contributed by atoms with Crippen molar-refractivity contribution in [3.63, 3.8) is 0 Å². The monoisotopic (exact) mass is 310 g/mol. The molecular formula is C20H22O3. The fourth-order valence-electron chi connectivity index (χ4n) is 2.82. The van der Waals surface area contributed by atoms with Crippen molar-refractivity contribution in [1.29, 1.82) is 0 Å². The predicted octanol–water partition coefficient (Wildman–Crippen LogP) is 4.42. The van der Waals surface area contributed by atoms with E-state index < -0.39 is 5.97 Å². The van der Waals surface area contributed by atoms with Crippen molar-refractivity contribution >= 4 is 11.8 Å². The molecule has 0 fully saturated rings. The first-order valence-electron chi connectivity index (χ1n) is 8.00. The van der Waals surface area contributed by atoms with E-state index in [1.165, 1.54) is 11.1 Å². The number of rotatable bonds is 9. The summed E-state index contributed by atoms with van der Waals surface area (Å²) < 4.78 is 0. The molecule has 3 nitrogen and oxygen atoms in total. The molecule has 1 N–H and O–H groups in total. The lowest BCUT2D eigenvalue weighted by Gasteiger charge is -2.18. The smallest absolute Gasteiger partial charge is 0.310 e. The zero-order chi connectivity index (χ0) is 16.5. The van der Waals surface area contributed by atoms with Crippen molar-refractivity contribution in [2.75, 3.05) is 0 Å². The second-order valence-electron chi connectivity index (χ2n) is 5.73. The highest BCUT2D eigenvalue weighted by atomic mass is 16.4. The summed E-state index contributed by atoms with van der Waals surface area (Å²) in [6, 6.07) is 20.7. The fraction of sp³-hybridized carbons (Fsp3) is 0.300. The van der Waals surface area contributed by atoms with Crippen LogP contribution in [0.25, 0.3) is 0 Å². The van der Waals surface area contributed by atoms with Crippen molar-refractivity contribution in [2.24, 2.45) is 0 Å². The molecule has 0 bridgehead atoms. The lowest BCUT2D eigenvalue weighted by molar-refractivity contribution is -0.140. The molecule has 2 rings (SSSR count). The molecule has 0 atom stereocenters. The number of hydrogen-bond acceptors (Lipinski definition) is 2. The van der Waals surface area contributed by atoms with Gasteiger partial charge in [-0.05, 0) is 24.0 Å². The van der Waals surface area contributed by atoms with Crippen LogP contribution >= 0.6 is 0 Å². The van der Waals surface area contributed by atoms with Crippen LogP contribution < -0.4 is 0 Å². The Kier molecular flexibility index (Phi) is 6.55. The summed E-state index contributed by atoms with van der Waals surface area (Å²) in [5.41, 5.74) is 2.55. The van der Waals surface area contributed by atoms with Crippen LogP contribution in [0, 0.1) is 0 Å². The third-order valence-corrected chi connectivity index (χ3v) is 3.95. The summed E-state index contributed by atoms with van der Waals surface area (Å²) in [5, 5.41) is 8.61. The molecule has 0 saturated carbocycles. The van der Waals surface area contributed by atoms with Gasteiger partial charge in [-0.2, -0.15) is 0 Å². The van der Waals surface area contributed by atoms with Gasteiger partial charge in [0, 0.05) is 12.3 Å². The van der Waals surface area contributed by atoms with E-state index in [-0.39, 0.29) is 12.2 Å². The number of hydrogen-bond donors (Lipinski definition) is 1. The average Bonchev–Trinajstić information content (AvgIpc) is 2.56.